The Labute approximate surface area is 200 Å². The maximum Gasteiger partial charge on any atom is 0.453 e. The van der Waals surface area contributed by atoms with Gasteiger partial charge in [-0.1, -0.05) is 5.16 Å². The van der Waals surface area contributed by atoms with E-state index in [1.165, 1.54) is 4.68 Å². The molecule has 6 rings (SSSR count). The van der Waals surface area contributed by atoms with Gasteiger partial charge in [0, 0.05) is 50.1 Å². The lowest BCUT2D eigenvalue weighted by atomic mass is 9.60. The Morgan fingerprint density at radius 3 is 2.22 bits per heavy atom. The number of urea groups is 1. The molecule has 2 spiro atoms. The van der Waals surface area contributed by atoms with Crippen LogP contribution in [-0.2, 0) is 19.1 Å². The van der Waals surface area contributed by atoms with E-state index < -0.39 is 24.6 Å². The molecule has 0 bridgehead atoms. The van der Waals surface area contributed by atoms with Crippen molar-refractivity contribution in [1.82, 2.24) is 39.6 Å². The Morgan fingerprint density at radius 2 is 1.64 bits per heavy atom. The summed E-state index contributed by atoms with van der Waals surface area (Å²) in [6.07, 6.45) is -7.74. The topological polar surface area (TPSA) is 96.4 Å². The molecular formula is C20H22F6N8O2. The van der Waals surface area contributed by atoms with Crippen molar-refractivity contribution in [3.8, 4) is 0 Å². The maximum atomic E-state index is 12.8. The zero-order valence-electron chi connectivity index (χ0n) is 18.9. The number of rotatable bonds is 4. The molecule has 16 heteroatoms. The summed E-state index contributed by atoms with van der Waals surface area (Å²) in [5.74, 6) is -1.38. The number of likely N-dealkylation sites (tertiary alicyclic amines) is 3. The summed E-state index contributed by atoms with van der Waals surface area (Å²) in [5.41, 5.74) is -0.0760. The Bertz CT molecular complexity index is 1150. The Hall–Kier alpha value is -2.91. The predicted molar refractivity (Wildman–Crippen MR) is 106 cm³/mol. The lowest BCUT2D eigenvalue weighted by Gasteiger charge is -2.63. The lowest BCUT2D eigenvalue weighted by molar-refractivity contribution is -0.145. The average Bonchev–Trinajstić information content (AvgIpc) is 3.28. The third kappa shape index (κ3) is 4.18. The van der Waals surface area contributed by atoms with Crippen LogP contribution in [0.2, 0.25) is 0 Å². The summed E-state index contributed by atoms with van der Waals surface area (Å²) < 4.78 is 81.5. The molecule has 36 heavy (non-hydrogen) atoms. The van der Waals surface area contributed by atoms with Crippen LogP contribution in [0.4, 0.5) is 31.1 Å². The number of hydrogen-bond acceptors (Lipinski definition) is 7. The van der Waals surface area contributed by atoms with E-state index in [-0.39, 0.29) is 41.2 Å². The third-order valence-corrected chi connectivity index (χ3v) is 7.47. The fourth-order valence-electron chi connectivity index (χ4n) is 5.97. The summed E-state index contributed by atoms with van der Waals surface area (Å²) in [4.78, 5) is 25.4. The van der Waals surface area contributed by atoms with Crippen LogP contribution >= 0.6 is 0 Å². The molecule has 2 aromatic heterocycles. The highest BCUT2D eigenvalue weighted by Gasteiger charge is 2.58. The van der Waals surface area contributed by atoms with Gasteiger partial charge in [0.15, 0.2) is 5.82 Å². The molecule has 10 nitrogen and oxygen atoms in total. The first-order chi connectivity index (χ1) is 16.8. The fraction of sp³-hybridized carbons (Fsp3) is 0.750. The highest BCUT2D eigenvalue weighted by Crippen LogP contribution is 2.54. The molecule has 1 aliphatic carbocycles. The van der Waals surface area contributed by atoms with Gasteiger partial charge in [0.1, 0.15) is 12.7 Å². The first-order valence-corrected chi connectivity index (χ1v) is 11.4. The standard InChI is InChI=1S/C20H22F6N8O2/c21-19(22,23)3-13-28-14(36-30-13)4-31-5-18(6-31)9-33(10-18)16(35)32-7-17(8-32)1-12(2-17)34-11-27-15(29-34)20(24,25)26/h11-12H,1-10H2. The van der Waals surface area contributed by atoms with Crippen LogP contribution in [0.25, 0.3) is 0 Å². The van der Waals surface area contributed by atoms with Crippen LogP contribution in [0.5, 0.6) is 0 Å². The largest absolute Gasteiger partial charge is 0.453 e. The zero-order chi connectivity index (χ0) is 25.5. The fourth-order valence-corrected chi connectivity index (χ4v) is 5.97. The SMILES string of the molecule is O=C(N1CC2(CC(n3cnc(C(F)(F)F)n3)C2)C1)N1CC2(CN(Cc3nc(CC(F)(F)F)no3)C2)C1. The molecule has 0 atom stereocenters. The molecule has 196 valence electrons. The van der Waals surface area contributed by atoms with Crippen molar-refractivity contribution in [2.24, 2.45) is 10.8 Å². The van der Waals surface area contributed by atoms with E-state index in [1.54, 1.807) is 9.80 Å². The van der Waals surface area contributed by atoms with Crippen LogP contribution in [0.1, 0.15) is 36.4 Å². The van der Waals surface area contributed by atoms with Gasteiger partial charge in [-0.05, 0) is 12.8 Å². The number of halogens is 6. The molecule has 0 N–H and O–H groups in total. The van der Waals surface area contributed by atoms with Gasteiger partial charge in [0.25, 0.3) is 5.82 Å². The minimum atomic E-state index is -4.56. The van der Waals surface area contributed by atoms with E-state index in [0.717, 1.165) is 6.33 Å². The van der Waals surface area contributed by atoms with Gasteiger partial charge in [-0.25, -0.2) is 14.5 Å². The molecule has 5 heterocycles. The molecule has 0 unspecified atom stereocenters. The monoisotopic (exact) mass is 520 g/mol. The molecule has 4 fully saturated rings. The van der Waals surface area contributed by atoms with E-state index in [9.17, 15) is 31.1 Å². The highest BCUT2D eigenvalue weighted by atomic mass is 19.4. The van der Waals surface area contributed by atoms with Gasteiger partial charge in [-0.15, -0.1) is 5.10 Å². The molecule has 3 saturated heterocycles. The summed E-state index contributed by atoms with van der Waals surface area (Å²) >= 11 is 0. The minimum Gasteiger partial charge on any atom is -0.338 e. The second-order valence-electron chi connectivity index (χ2n) is 10.6. The van der Waals surface area contributed by atoms with E-state index in [4.69, 9.17) is 4.52 Å². The lowest BCUT2D eigenvalue weighted by Crippen LogP contribution is -2.75. The Balaban J connectivity index is 0.914. The van der Waals surface area contributed by atoms with Crippen molar-refractivity contribution in [2.45, 2.75) is 44.2 Å². The number of hydrogen-bond donors (Lipinski definition) is 0. The van der Waals surface area contributed by atoms with Gasteiger partial charge in [-0.2, -0.15) is 31.3 Å². The van der Waals surface area contributed by atoms with Crippen LogP contribution in [0.15, 0.2) is 10.9 Å². The number of amides is 2. The summed E-state index contributed by atoms with van der Waals surface area (Å²) in [6.45, 7) is 4.03. The maximum absolute atomic E-state index is 12.8. The highest BCUT2D eigenvalue weighted by molar-refractivity contribution is 5.77. The van der Waals surface area contributed by atoms with E-state index in [1.807, 2.05) is 4.90 Å². The molecule has 0 radical (unpaired) electrons. The number of alkyl halides is 6. The predicted octanol–water partition coefficient (Wildman–Crippen LogP) is 2.36. The van der Waals surface area contributed by atoms with Crippen molar-refractivity contribution in [2.75, 3.05) is 39.3 Å². The normalized spacial score (nSPS) is 23.4. The molecule has 3 aliphatic heterocycles. The van der Waals surface area contributed by atoms with Gasteiger partial charge in [0.2, 0.25) is 5.89 Å². The third-order valence-electron chi connectivity index (χ3n) is 7.47. The number of nitrogens with zero attached hydrogens (tertiary/aromatic N) is 8. The second-order valence-corrected chi connectivity index (χ2v) is 10.6. The van der Waals surface area contributed by atoms with Crippen LogP contribution in [0, 0.1) is 10.8 Å². The summed E-state index contributed by atoms with van der Waals surface area (Å²) in [6, 6.07) is -0.176. The van der Waals surface area contributed by atoms with E-state index >= 15 is 0 Å². The molecule has 0 aromatic carbocycles. The summed E-state index contributed by atoms with van der Waals surface area (Å²) in [7, 11) is 0. The average molecular weight is 520 g/mol. The number of carbonyl (C=O) groups excluding carboxylic acids is 1. The minimum absolute atomic E-state index is 0.0160. The van der Waals surface area contributed by atoms with Crippen molar-refractivity contribution in [3.05, 3.63) is 23.9 Å². The van der Waals surface area contributed by atoms with Crippen molar-refractivity contribution in [1.29, 1.82) is 0 Å². The zero-order valence-corrected chi connectivity index (χ0v) is 18.9. The van der Waals surface area contributed by atoms with Crippen LogP contribution in [0.3, 0.4) is 0 Å². The Kier molecular flexibility index (Phi) is 4.93. The molecule has 2 aromatic rings. The summed E-state index contributed by atoms with van der Waals surface area (Å²) in [5, 5.41) is 6.91. The van der Waals surface area contributed by atoms with Crippen molar-refractivity contribution < 1.29 is 35.7 Å². The van der Waals surface area contributed by atoms with Gasteiger partial charge >= 0.3 is 18.4 Å². The van der Waals surface area contributed by atoms with Crippen LogP contribution < -0.4 is 0 Å². The van der Waals surface area contributed by atoms with Gasteiger partial charge in [0.05, 0.1) is 12.6 Å². The quantitative estimate of drug-likeness (QED) is 0.572. The van der Waals surface area contributed by atoms with Gasteiger partial charge in [-0.3, -0.25) is 4.90 Å². The first-order valence-electron chi connectivity index (χ1n) is 11.4. The van der Waals surface area contributed by atoms with E-state index in [0.29, 0.717) is 52.1 Å². The van der Waals surface area contributed by atoms with E-state index in [2.05, 4.69) is 20.2 Å². The second kappa shape index (κ2) is 7.55. The number of aromatic nitrogens is 5. The molecule has 1 saturated carbocycles. The smallest absolute Gasteiger partial charge is 0.338 e. The van der Waals surface area contributed by atoms with Crippen molar-refractivity contribution >= 4 is 6.03 Å². The molecular weight excluding hydrogens is 498 g/mol. The number of carbonyl (C=O) groups is 1. The van der Waals surface area contributed by atoms with Crippen LogP contribution in [-0.4, -0.2) is 91.1 Å². The van der Waals surface area contributed by atoms with Crippen molar-refractivity contribution in [3.63, 3.8) is 0 Å². The first kappa shape index (κ1) is 23.5. The molecule has 2 amide bonds. The Morgan fingerprint density at radius 1 is 1.00 bits per heavy atom. The van der Waals surface area contributed by atoms with Gasteiger partial charge < -0.3 is 14.3 Å². The molecule has 4 aliphatic rings.